The summed E-state index contributed by atoms with van der Waals surface area (Å²) in [6, 6.07) is 8.92. The van der Waals surface area contributed by atoms with E-state index in [4.69, 9.17) is 0 Å². The number of benzene rings is 1. The molecule has 19 heavy (non-hydrogen) atoms. The second-order valence-electron chi connectivity index (χ2n) is 4.00. The van der Waals surface area contributed by atoms with Crippen molar-refractivity contribution in [3.8, 4) is 0 Å². The Balaban J connectivity index is 2.00. The van der Waals surface area contributed by atoms with Gasteiger partial charge >= 0.3 is 0 Å². The molecular formula is C14H13N3O2. The Bertz CT molecular complexity index is 543. The van der Waals surface area contributed by atoms with Crippen LogP contribution in [0.2, 0.25) is 0 Å². The molecule has 0 aliphatic carbocycles. The van der Waals surface area contributed by atoms with Crippen LogP contribution in [0.15, 0.2) is 48.9 Å². The van der Waals surface area contributed by atoms with E-state index in [1.54, 1.807) is 0 Å². The van der Waals surface area contributed by atoms with E-state index in [9.17, 15) is 9.59 Å². The number of aldehydes is 1. The number of carbonyl (C=O) groups excluding carboxylic acids is 2. The zero-order valence-corrected chi connectivity index (χ0v) is 10.2. The van der Waals surface area contributed by atoms with Crippen molar-refractivity contribution >= 4 is 12.2 Å². The number of nitrogens with one attached hydrogen (secondary N) is 1. The number of rotatable bonds is 5. The lowest BCUT2D eigenvalue weighted by molar-refractivity contribution is -0.109. The highest BCUT2D eigenvalue weighted by Crippen LogP contribution is 2.02. The molecule has 1 amide bonds. The van der Waals surface area contributed by atoms with Crippen LogP contribution < -0.4 is 5.32 Å². The van der Waals surface area contributed by atoms with Gasteiger partial charge < -0.3 is 10.1 Å². The first kappa shape index (κ1) is 12.9. The van der Waals surface area contributed by atoms with Crippen LogP contribution in [0.1, 0.15) is 16.1 Å². The summed E-state index contributed by atoms with van der Waals surface area (Å²) in [6.45, 7) is 0. The zero-order valence-electron chi connectivity index (χ0n) is 10.2. The van der Waals surface area contributed by atoms with Crippen molar-refractivity contribution in [1.29, 1.82) is 0 Å². The average Bonchev–Trinajstić information content (AvgIpc) is 2.48. The molecule has 0 fully saturated rings. The third-order valence-electron chi connectivity index (χ3n) is 2.58. The van der Waals surface area contributed by atoms with Crippen molar-refractivity contribution in [2.24, 2.45) is 0 Å². The Hall–Kier alpha value is -2.56. The van der Waals surface area contributed by atoms with Crippen molar-refractivity contribution in [3.63, 3.8) is 0 Å². The average molecular weight is 255 g/mol. The minimum Gasteiger partial charge on any atom is -0.341 e. The number of hydrogen-bond acceptors (Lipinski definition) is 4. The van der Waals surface area contributed by atoms with E-state index in [1.807, 2.05) is 30.3 Å². The van der Waals surface area contributed by atoms with Crippen LogP contribution >= 0.6 is 0 Å². The molecule has 1 aromatic heterocycles. The third-order valence-corrected chi connectivity index (χ3v) is 2.58. The van der Waals surface area contributed by atoms with Crippen LogP contribution in [-0.4, -0.2) is 28.2 Å². The topological polar surface area (TPSA) is 72.0 Å². The van der Waals surface area contributed by atoms with Gasteiger partial charge in [0.15, 0.2) is 0 Å². The Kier molecular flexibility index (Phi) is 4.34. The minimum atomic E-state index is -0.572. The molecule has 1 heterocycles. The molecule has 2 rings (SSSR count). The van der Waals surface area contributed by atoms with Crippen LogP contribution in [0.4, 0.5) is 0 Å². The zero-order chi connectivity index (χ0) is 13.5. The van der Waals surface area contributed by atoms with Gasteiger partial charge in [-0.15, -0.1) is 0 Å². The van der Waals surface area contributed by atoms with Crippen LogP contribution in [0, 0.1) is 0 Å². The quantitative estimate of drug-likeness (QED) is 0.809. The summed E-state index contributed by atoms with van der Waals surface area (Å²) >= 11 is 0. The van der Waals surface area contributed by atoms with Crippen LogP contribution in [0.3, 0.4) is 0 Å². The summed E-state index contributed by atoms with van der Waals surface area (Å²) in [5, 5.41) is 2.62. The third kappa shape index (κ3) is 3.70. The normalized spacial score (nSPS) is 11.6. The number of hydrogen-bond donors (Lipinski definition) is 1. The van der Waals surface area contributed by atoms with Gasteiger partial charge in [-0.25, -0.2) is 4.98 Å². The molecule has 2 aromatic rings. The fourth-order valence-electron chi connectivity index (χ4n) is 1.66. The van der Waals surface area contributed by atoms with E-state index in [0.29, 0.717) is 6.42 Å². The SMILES string of the molecule is O=CC(Cc1ccccc1)NC(=O)c1cnccn1. The first-order valence-electron chi connectivity index (χ1n) is 5.85. The van der Waals surface area contributed by atoms with Crippen molar-refractivity contribution in [1.82, 2.24) is 15.3 Å². The molecule has 0 bridgehead atoms. The van der Waals surface area contributed by atoms with Gasteiger partial charge in [-0.3, -0.25) is 9.78 Å². The van der Waals surface area contributed by atoms with Crippen molar-refractivity contribution < 1.29 is 9.59 Å². The van der Waals surface area contributed by atoms with Gasteiger partial charge in [-0.1, -0.05) is 30.3 Å². The molecule has 1 atom stereocenters. The minimum absolute atomic E-state index is 0.197. The number of nitrogens with zero attached hydrogens (tertiary/aromatic N) is 2. The first-order chi connectivity index (χ1) is 9.29. The van der Waals surface area contributed by atoms with Crippen LogP contribution in [0.25, 0.3) is 0 Å². The second-order valence-corrected chi connectivity index (χ2v) is 4.00. The molecule has 0 aliphatic rings. The Morgan fingerprint density at radius 2 is 2.05 bits per heavy atom. The number of carbonyl (C=O) groups is 2. The van der Waals surface area contributed by atoms with Crippen molar-refractivity contribution in [2.45, 2.75) is 12.5 Å². The molecule has 1 aromatic carbocycles. The number of aromatic nitrogens is 2. The molecule has 5 heteroatoms. The van der Waals surface area contributed by atoms with E-state index in [2.05, 4.69) is 15.3 Å². The molecule has 0 saturated carbocycles. The molecule has 0 saturated heterocycles. The fraction of sp³-hybridized carbons (Fsp3) is 0.143. The monoisotopic (exact) mass is 255 g/mol. The maximum Gasteiger partial charge on any atom is 0.272 e. The van der Waals surface area contributed by atoms with Gasteiger partial charge in [0.1, 0.15) is 12.0 Å². The van der Waals surface area contributed by atoms with Gasteiger partial charge in [-0.2, -0.15) is 0 Å². The lowest BCUT2D eigenvalue weighted by Crippen LogP contribution is -2.38. The second kappa shape index (κ2) is 6.39. The fourth-order valence-corrected chi connectivity index (χ4v) is 1.66. The predicted molar refractivity (Wildman–Crippen MR) is 69.5 cm³/mol. The van der Waals surface area contributed by atoms with E-state index in [0.717, 1.165) is 11.8 Å². The summed E-state index contributed by atoms with van der Waals surface area (Å²) in [6.07, 6.45) is 5.46. The van der Waals surface area contributed by atoms with Gasteiger partial charge in [0.25, 0.3) is 5.91 Å². The summed E-state index contributed by atoms with van der Waals surface area (Å²) < 4.78 is 0. The largest absolute Gasteiger partial charge is 0.341 e. The summed E-state index contributed by atoms with van der Waals surface area (Å²) in [5.41, 5.74) is 1.18. The first-order valence-corrected chi connectivity index (χ1v) is 5.85. The van der Waals surface area contributed by atoms with E-state index >= 15 is 0 Å². The van der Waals surface area contributed by atoms with E-state index < -0.39 is 11.9 Å². The summed E-state index contributed by atoms with van der Waals surface area (Å²) in [7, 11) is 0. The smallest absolute Gasteiger partial charge is 0.272 e. The van der Waals surface area contributed by atoms with Gasteiger partial charge in [0.05, 0.1) is 12.2 Å². The molecule has 5 nitrogen and oxygen atoms in total. The van der Waals surface area contributed by atoms with Crippen LogP contribution in [0.5, 0.6) is 0 Å². The molecule has 0 aliphatic heterocycles. The predicted octanol–water partition coefficient (Wildman–Crippen LogP) is 1.02. The summed E-state index contributed by atoms with van der Waals surface area (Å²) in [4.78, 5) is 30.6. The lowest BCUT2D eigenvalue weighted by Gasteiger charge is -2.12. The van der Waals surface area contributed by atoms with Gasteiger partial charge in [-0.05, 0) is 12.0 Å². The molecule has 0 radical (unpaired) electrons. The highest BCUT2D eigenvalue weighted by atomic mass is 16.2. The number of amides is 1. The highest BCUT2D eigenvalue weighted by molar-refractivity contribution is 5.93. The molecule has 1 N–H and O–H groups in total. The highest BCUT2D eigenvalue weighted by Gasteiger charge is 2.14. The van der Waals surface area contributed by atoms with Crippen molar-refractivity contribution in [3.05, 3.63) is 60.2 Å². The maximum atomic E-state index is 11.8. The Morgan fingerprint density at radius 1 is 1.26 bits per heavy atom. The Morgan fingerprint density at radius 3 is 2.68 bits per heavy atom. The van der Waals surface area contributed by atoms with E-state index in [-0.39, 0.29) is 5.69 Å². The van der Waals surface area contributed by atoms with E-state index in [1.165, 1.54) is 18.6 Å². The molecule has 1 unspecified atom stereocenters. The lowest BCUT2D eigenvalue weighted by atomic mass is 10.1. The molecule has 96 valence electrons. The summed E-state index contributed by atoms with van der Waals surface area (Å²) in [5.74, 6) is -0.402. The standard InChI is InChI=1S/C14H13N3O2/c18-10-12(8-11-4-2-1-3-5-11)17-14(19)13-9-15-6-7-16-13/h1-7,9-10,12H,8H2,(H,17,19). The van der Waals surface area contributed by atoms with Crippen molar-refractivity contribution in [2.75, 3.05) is 0 Å². The Labute approximate surface area is 110 Å². The van der Waals surface area contributed by atoms with Crippen LogP contribution in [-0.2, 0) is 11.2 Å². The molecule has 0 spiro atoms. The van der Waals surface area contributed by atoms with Gasteiger partial charge in [0.2, 0.25) is 0 Å². The maximum absolute atomic E-state index is 11.8. The van der Waals surface area contributed by atoms with Gasteiger partial charge in [0, 0.05) is 12.4 Å². The molecular weight excluding hydrogens is 242 g/mol.